The number of rotatable bonds is 1. The molecule has 2 aliphatic carbocycles. The highest BCUT2D eigenvalue weighted by Gasteiger charge is 2.72. The Hall–Kier alpha value is -0.860. The lowest BCUT2D eigenvalue weighted by Gasteiger charge is -2.43. The van der Waals surface area contributed by atoms with Gasteiger partial charge in [-0.05, 0) is 37.0 Å². The van der Waals surface area contributed by atoms with Gasteiger partial charge in [-0.1, -0.05) is 27.7 Å². The maximum absolute atomic E-state index is 13.2. The van der Waals surface area contributed by atoms with E-state index < -0.39 is 5.41 Å². The van der Waals surface area contributed by atoms with Crippen molar-refractivity contribution in [2.75, 3.05) is 13.1 Å². The van der Waals surface area contributed by atoms with Crippen LogP contribution in [-0.4, -0.2) is 29.7 Å². The number of nitrogens with zero attached hydrogens (tertiary/aromatic N) is 1. The number of piperidine rings is 1. The van der Waals surface area contributed by atoms with E-state index in [1.807, 2.05) is 4.90 Å². The fourth-order valence-corrected chi connectivity index (χ4v) is 4.85. The number of hydrogen-bond acceptors (Lipinski definition) is 2. The number of hydrogen-bond donors (Lipinski definition) is 0. The van der Waals surface area contributed by atoms with Crippen LogP contribution in [0.2, 0.25) is 0 Å². The Balaban J connectivity index is 1.90. The van der Waals surface area contributed by atoms with E-state index in [9.17, 15) is 9.59 Å². The Labute approximate surface area is 122 Å². The second-order valence-electron chi connectivity index (χ2n) is 8.11. The predicted molar refractivity (Wildman–Crippen MR) is 78.2 cm³/mol. The van der Waals surface area contributed by atoms with Crippen molar-refractivity contribution in [2.24, 2.45) is 22.2 Å². The lowest BCUT2D eigenvalue weighted by atomic mass is 9.64. The summed E-state index contributed by atoms with van der Waals surface area (Å²) in [7, 11) is 0. The summed E-state index contributed by atoms with van der Waals surface area (Å²) < 4.78 is 0. The molecule has 2 atom stereocenters. The van der Waals surface area contributed by atoms with Crippen LogP contribution >= 0.6 is 0 Å². The molecular weight excluding hydrogens is 250 g/mol. The van der Waals surface area contributed by atoms with Crippen molar-refractivity contribution in [3.8, 4) is 0 Å². The fourth-order valence-electron chi connectivity index (χ4n) is 4.85. The minimum Gasteiger partial charge on any atom is -0.342 e. The Bertz CT molecular complexity index is 462. The molecule has 0 unspecified atom stereocenters. The van der Waals surface area contributed by atoms with Crippen LogP contribution in [-0.2, 0) is 9.59 Å². The van der Waals surface area contributed by atoms with E-state index in [-0.39, 0.29) is 16.7 Å². The first kappa shape index (κ1) is 14.1. The molecule has 0 radical (unpaired) electrons. The molecular formula is C17H27NO2. The summed E-state index contributed by atoms with van der Waals surface area (Å²) in [6, 6.07) is 0. The highest BCUT2D eigenvalue weighted by Crippen LogP contribution is 2.71. The molecule has 3 nitrogen and oxygen atoms in total. The average molecular weight is 277 g/mol. The standard InChI is InChI=1S/C17H27NO2/c1-12-5-9-18(10-6-12)14(20)17-8-7-16(4,13(19)11-17)15(17,2)3/h12H,5-11H2,1-4H3/t16-,17+/m0/s1. The maximum Gasteiger partial charge on any atom is 0.229 e. The van der Waals surface area contributed by atoms with Gasteiger partial charge in [0.2, 0.25) is 5.91 Å². The second kappa shape index (κ2) is 4.08. The third-order valence-electron chi connectivity index (χ3n) is 7.19. The molecule has 3 aliphatic rings. The van der Waals surface area contributed by atoms with Crippen LogP contribution in [0.5, 0.6) is 0 Å². The molecule has 1 amide bonds. The molecule has 2 saturated carbocycles. The molecule has 0 aromatic heterocycles. The lowest BCUT2D eigenvalue weighted by Crippen LogP contribution is -2.50. The summed E-state index contributed by atoms with van der Waals surface area (Å²) in [4.78, 5) is 27.7. The van der Waals surface area contributed by atoms with Gasteiger partial charge >= 0.3 is 0 Å². The monoisotopic (exact) mass is 277 g/mol. The Morgan fingerprint density at radius 2 is 1.75 bits per heavy atom. The van der Waals surface area contributed by atoms with Gasteiger partial charge in [-0.3, -0.25) is 9.59 Å². The minimum atomic E-state index is -0.417. The second-order valence-corrected chi connectivity index (χ2v) is 8.11. The molecule has 1 aliphatic heterocycles. The van der Waals surface area contributed by atoms with Gasteiger partial charge in [-0.2, -0.15) is 0 Å². The van der Waals surface area contributed by atoms with Gasteiger partial charge in [0.05, 0.1) is 5.41 Å². The highest BCUT2D eigenvalue weighted by atomic mass is 16.2. The van der Waals surface area contributed by atoms with E-state index in [2.05, 4.69) is 27.7 Å². The summed E-state index contributed by atoms with van der Waals surface area (Å²) in [5.41, 5.74) is -0.900. The van der Waals surface area contributed by atoms with Gasteiger partial charge in [0.1, 0.15) is 5.78 Å². The third kappa shape index (κ3) is 1.47. The summed E-state index contributed by atoms with van der Waals surface area (Å²) in [6.45, 7) is 10.4. The molecule has 3 heteroatoms. The quantitative estimate of drug-likeness (QED) is 0.739. The van der Waals surface area contributed by atoms with Gasteiger partial charge < -0.3 is 4.90 Å². The summed E-state index contributed by atoms with van der Waals surface area (Å²) in [6.07, 6.45) is 4.46. The molecule has 1 saturated heterocycles. The summed E-state index contributed by atoms with van der Waals surface area (Å²) in [5.74, 6) is 1.31. The number of carbonyl (C=O) groups is 2. The van der Waals surface area contributed by atoms with Crippen LogP contribution in [0.15, 0.2) is 0 Å². The van der Waals surface area contributed by atoms with E-state index in [0.717, 1.165) is 44.7 Å². The highest BCUT2D eigenvalue weighted by molar-refractivity contribution is 5.99. The number of fused-ring (bicyclic) bond motifs is 2. The molecule has 1 heterocycles. The number of likely N-dealkylation sites (tertiary alicyclic amines) is 1. The zero-order valence-electron chi connectivity index (χ0n) is 13.3. The first-order valence-electron chi connectivity index (χ1n) is 8.07. The smallest absolute Gasteiger partial charge is 0.229 e. The first-order valence-corrected chi connectivity index (χ1v) is 8.07. The number of carbonyl (C=O) groups excluding carboxylic acids is 2. The minimum absolute atomic E-state index is 0.197. The van der Waals surface area contributed by atoms with Crippen LogP contribution in [0.25, 0.3) is 0 Å². The van der Waals surface area contributed by atoms with E-state index in [1.165, 1.54) is 0 Å². The van der Waals surface area contributed by atoms with Crippen molar-refractivity contribution in [1.29, 1.82) is 0 Å². The molecule has 0 aromatic carbocycles. The van der Waals surface area contributed by atoms with Crippen molar-refractivity contribution in [3.63, 3.8) is 0 Å². The van der Waals surface area contributed by atoms with Gasteiger partial charge in [0.15, 0.2) is 0 Å². The molecule has 20 heavy (non-hydrogen) atoms. The van der Waals surface area contributed by atoms with E-state index in [1.54, 1.807) is 0 Å². The van der Waals surface area contributed by atoms with Gasteiger partial charge in [0, 0.05) is 24.9 Å². The Morgan fingerprint density at radius 1 is 1.15 bits per heavy atom. The maximum atomic E-state index is 13.2. The van der Waals surface area contributed by atoms with E-state index in [4.69, 9.17) is 0 Å². The Morgan fingerprint density at radius 3 is 2.20 bits per heavy atom. The van der Waals surface area contributed by atoms with Crippen LogP contribution in [0.4, 0.5) is 0 Å². The summed E-state index contributed by atoms with van der Waals surface area (Å²) in [5, 5.41) is 0. The van der Waals surface area contributed by atoms with Crippen molar-refractivity contribution in [1.82, 2.24) is 4.90 Å². The molecule has 2 bridgehead atoms. The van der Waals surface area contributed by atoms with E-state index in [0.29, 0.717) is 12.2 Å². The zero-order chi connectivity index (χ0) is 14.8. The lowest BCUT2D eigenvalue weighted by molar-refractivity contribution is -0.149. The number of ketones is 1. The number of Topliss-reactive ketones (excluding diaryl/α,β-unsaturated/α-hetero) is 1. The van der Waals surface area contributed by atoms with Crippen LogP contribution < -0.4 is 0 Å². The first-order chi connectivity index (χ1) is 9.24. The van der Waals surface area contributed by atoms with Gasteiger partial charge in [-0.25, -0.2) is 0 Å². The molecule has 0 N–H and O–H groups in total. The molecule has 0 spiro atoms. The average Bonchev–Trinajstić information content (AvgIpc) is 2.69. The number of amides is 1. The largest absolute Gasteiger partial charge is 0.342 e. The van der Waals surface area contributed by atoms with Crippen molar-refractivity contribution in [3.05, 3.63) is 0 Å². The predicted octanol–water partition coefficient (Wildman–Crippen LogP) is 3.03. The molecule has 3 fully saturated rings. The van der Waals surface area contributed by atoms with Crippen molar-refractivity contribution < 1.29 is 9.59 Å². The fraction of sp³-hybridized carbons (Fsp3) is 0.882. The van der Waals surface area contributed by atoms with Crippen molar-refractivity contribution >= 4 is 11.7 Å². The SMILES string of the molecule is CC1CCN(C(=O)[C@@]23CC[C@@](C)(C(=O)C2)C3(C)C)CC1. The molecule has 112 valence electrons. The van der Waals surface area contributed by atoms with Crippen LogP contribution in [0, 0.1) is 22.2 Å². The topological polar surface area (TPSA) is 37.4 Å². The van der Waals surface area contributed by atoms with Gasteiger partial charge in [0.25, 0.3) is 0 Å². The van der Waals surface area contributed by atoms with Crippen LogP contribution in [0.3, 0.4) is 0 Å². The third-order valence-corrected chi connectivity index (χ3v) is 7.19. The molecule has 0 aromatic rings. The van der Waals surface area contributed by atoms with Crippen LogP contribution in [0.1, 0.15) is 59.8 Å². The van der Waals surface area contributed by atoms with Gasteiger partial charge in [-0.15, -0.1) is 0 Å². The van der Waals surface area contributed by atoms with Crippen molar-refractivity contribution in [2.45, 2.75) is 59.8 Å². The summed E-state index contributed by atoms with van der Waals surface area (Å²) >= 11 is 0. The Kier molecular flexibility index (Phi) is 2.88. The zero-order valence-corrected chi connectivity index (χ0v) is 13.3. The molecule has 3 rings (SSSR count). The van der Waals surface area contributed by atoms with E-state index >= 15 is 0 Å². The normalized spacial score (nSPS) is 40.4.